The summed E-state index contributed by atoms with van der Waals surface area (Å²) in [5.41, 5.74) is 0.247. The van der Waals surface area contributed by atoms with Crippen LogP contribution < -0.4 is 15.2 Å². The molecule has 1 aliphatic rings. The first kappa shape index (κ1) is 21.5. The second-order valence-electron chi connectivity index (χ2n) is 7.27. The van der Waals surface area contributed by atoms with Crippen molar-refractivity contribution in [1.29, 1.82) is 5.26 Å². The molecule has 1 saturated heterocycles. The van der Waals surface area contributed by atoms with E-state index in [9.17, 15) is 13.6 Å². The number of nitrogens with zero attached hydrogens (tertiary/aromatic N) is 4. The van der Waals surface area contributed by atoms with Crippen molar-refractivity contribution in [2.45, 2.75) is 13.5 Å². The molecule has 4 rings (SSSR count). The third-order valence-corrected chi connectivity index (χ3v) is 5.03. The monoisotopic (exact) mass is 438 g/mol. The molecule has 0 unspecified atom stereocenters. The largest absolute Gasteiger partial charge is 0.486 e. The highest BCUT2D eigenvalue weighted by Crippen LogP contribution is 2.27. The summed E-state index contributed by atoms with van der Waals surface area (Å²) in [5, 5.41) is 9.04. The lowest BCUT2D eigenvalue weighted by molar-refractivity contribution is 0.122. The van der Waals surface area contributed by atoms with E-state index >= 15 is 0 Å². The predicted molar refractivity (Wildman–Crippen MR) is 113 cm³/mol. The predicted octanol–water partition coefficient (Wildman–Crippen LogP) is 3.11. The molecule has 3 aromatic rings. The smallest absolute Gasteiger partial charge is 0.258 e. The first-order chi connectivity index (χ1) is 15.5. The Bertz CT molecular complexity index is 1220. The summed E-state index contributed by atoms with van der Waals surface area (Å²) in [7, 11) is 0. The van der Waals surface area contributed by atoms with Gasteiger partial charge in [0.1, 0.15) is 18.0 Å². The Morgan fingerprint density at radius 2 is 1.88 bits per heavy atom. The first-order valence-corrected chi connectivity index (χ1v) is 10.0. The number of morpholine rings is 1. The fraction of sp³-hybridized carbons (Fsp3) is 0.261. The van der Waals surface area contributed by atoms with Gasteiger partial charge in [-0.15, -0.1) is 0 Å². The molecule has 0 bridgehead atoms. The molecule has 0 amide bonds. The number of ether oxygens (including phenoxy) is 2. The van der Waals surface area contributed by atoms with Gasteiger partial charge in [0.05, 0.1) is 30.5 Å². The van der Waals surface area contributed by atoms with E-state index in [2.05, 4.69) is 4.98 Å². The highest BCUT2D eigenvalue weighted by molar-refractivity contribution is 5.54. The maximum absolute atomic E-state index is 14.9. The maximum Gasteiger partial charge on any atom is 0.258 e. The van der Waals surface area contributed by atoms with Gasteiger partial charge >= 0.3 is 0 Å². The van der Waals surface area contributed by atoms with Crippen LogP contribution in [0.1, 0.15) is 17.1 Å². The lowest BCUT2D eigenvalue weighted by atomic mass is 10.2. The van der Waals surface area contributed by atoms with E-state index in [1.54, 1.807) is 36.1 Å². The summed E-state index contributed by atoms with van der Waals surface area (Å²) >= 11 is 0. The molecule has 9 heteroatoms. The Balaban J connectivity index is 1.70. The Morgan fingerprint density at radius 3 is 2.56 bits per heavy atom. The van der Waals surface area contributed by atoms with Crippen LogP contribution in [0.5, 0.6) is 5.75 Å². The third-order valence-electron chi connectivity index (χ3n) is 5.03. The topological polar surface area (TPSA) is 80.4 Å². The molecule has 0 aliphatic carbocycles. The number of nitriles is 1. The normalized spacial score (nSPS) is 13.6. The zero-order valence-electron chi connectivity index (χ0n) is 17.3. The van der Waals surface area contributed by atoms with Crippen molar-refractivity contribution in [3.63, 3.8) is 0 Å². The van der Waals surface area contributed by atoms with Crippen molar-refractivity contribution >= 4 is 5.69 Å². The van der Waals surface area contributed by atoms with Crippen molar-refractivity contribution in [2.75, 3.05) is 31.2 Å². The molecule has 0 N–H and O–H groups in total. The van der Waals surface area contributed by atoms with Crippen LogP contribution in [0.2, 0.25) is 0 Å². The van der Waals surface area contributed by atoms with Crippen LogP contribution in [-0.2, 0) is 11.3 Å². The van der Waals surface area contributed by atoms with Crippen molar-refractivity contribution < 1.29 is 18.3 Å². The van der Waals surface area contributed by atoms with Gasteiger partial charge < -0.3 is 14.4 Å². The van der Waals surface area contributed by atoms with E-state index < -0.39 is 17.2 Å². The standard InChI is InChI=1S/C23H20F2N4O3/c1-15-9-22(30)29(21(27-15)14-32-18-4-2-3-16(10-18)13-26)17-11-19(24)23(20(25)12-17)28-5-7-31-8-6-28/h2-4,9-12H,5-8,14H2,1H3. The summed E-state index contributed by atoms with van der Waals surface area (Å²) in [6.45, 7) is 3.03. The highest BCUT2D eigenvalue weighted by Gasteiger charge is 2.22. The zero-order valence-corrected chi connectivity index (χ0v) is 17.3. The van der Waals surface area contributed by atoms with E-state index in [1.807, 2.05) is 6.07 Å². The van der Waals surface area contributed by atoms with Gasteiger partial charge in [-0.1, -0.05) is 6.07 Å². The van der Waals surface area contributed by atoms with Crippen LogP contribution in [0.3, 0.4) is 0 Å². The SMILES string of the molecule is Cc1cc(=O)n(-c2cc(F)c(N3CCOCC3)c(F)c2)c(COc2cccc(C#N)c2)n1. The first-order valence-electron chi connectivity index (χ1n) is 10.0. The van der Waals surface area contributed by atoms with E-state index in [-0.39, 0.29) is 23.8 Å². The number of halogens is 2. The minimum atomic E-state index is -0.775. The molecule has 0 radical (unpaired) electrons. The van der Waals surface area contributed by atoms with Gasteiger partial charge in [0.2, 0.25) is 0 Å². The van der Waals surface area contributed by atoms with Crippen LogP contribution in [0.15, 0.2) is 47.3 Å². The van der Waals surface area contributed by atoms with E-state index in [4.69, 9.17) is 14.7 Å². The molecule has 32 heavy (non-hydrogen) atoms. The minimum absolute atomic E-state index is 0.0129. The minimum Gasteiger partial charge on any atom is -0.486 e. The number of benzene rings is 2. The summed E-state index contributed by atoms with van der Waals surface area (Å²) in [6.07, 6.45) is 0. The van der Waals surface area contributed by atoms with Crippen LogP contribution in [0, 0.1) is 29.9 Å². The average molecular weight is 438 g/mol. The molecule has 1 aromatic heterocycles. The summed E-state index contributed by atoms with van der Waals surface area (Å²) in [6, 6.07) is 12.1. The molecular weight excluding hydrogens is 418 g/mol. The third kappa shape index (κ3) is 4.45. The summed E-state index contributed by atoms with van der Waals surface area (Å²) in [4.78, 5) is 18.7. The van der Waals surface area contributed by atoms with Gasteiger partial charge in [-0.2, -0.15) is 5.26 Å². The van der Waals surface area contributed by atoms with Crippen molar-refractivity contribution in [3.8, 4) is 17.5 Å². The average Bonchev–Trinajstić information content (AvgIpc) is 2.77. The number of anilines is 1. The number of aromatic nitrogens is 2. The fourth-order valence-corrected chi connectivity index (χ4v) is 3.60. The Kier molecular flexibility index (Phi) is 6.14. The molecule has 0 saturated carbocycles. The second kappa shape index (κ2) is 9.16. The van der Waals surface area contributed by atoms with E-state index in [0.29, 0.717) is 43.3 Å². The van der Waals surface area contributed by atoms with Crippen molar-refractivity contribution in [1.82, 2.24) is 9.55 Å². The summed E-state index contributed by atoms with van der Waals surface area (Å²) in [5.74, 6) is -0.965. The Hall–Kier alpha value is -3.77. The summed E-state index contributed by atoms with van der Waals surface area (Å²) < 4.78 is 41.9. The molecule has 1 fully saturated rings. The lowest BCUT2D eigenvalue weighted by Gasteiger charge is -2.29. The van der Waals surface area contributed by atoms with Gasteiger partial charge in [-0.3, -0.25) is 9.36 Å². The molecule has 0 spiro atoms. The second-order valence-corrected chi connectivity index (χ2v) is 7.27. The van der Waals surface area contributed by atoms with Crippen LogP contribution in [-0.4, -0.2) is 35.9 Å². The molecule has 2 heterocycles. The number of hydrogen-bond donors (Lipinski definition) is 0. The number of aryl methyl sites for hydroxylation is 1. The van der Waals surface area contributed by atoms with Crippen molar-refractivity contribution in [2.24, 2.45) is 0 Å². The Labute approximate surface area is 183 Å². The van der Waals surface area contributed by atoms with Crippen molar-refractivity contribution in [3.05, 3.63) is 81.5 Å². The Morgan fingerprint density at radius 1 is 1.16 bits per heavy atom. The van der Waals surface area contributed by atoms with Gasteiger partial charge in [0.15, 0.2) is 17.5 Å². The lowest BCUT2D eigenvalue weighted by Crippen LogP contribution is -2.37. The molecule has 2 aromatic carbocycles. The van der Waals surface area contributed by atoms with Gasteiger partial charge in [-0.05, 0) is 25.1 Å². The van der Waals surface area contributed by atoms with Crippen LogP contribution in [0.4, 0.5) is 14.5 Å². The van der Waals surface area contributed by atoms with Gasteiger partial charge in [-0.25, -0.2) is 13.8 Å². The van der Waals surface area contributed by atoms with Crippen LogP contribution >= 0.6 is 0 Å². The van der Waals surface area contributed by atoms with E-state index in [1.165, 1.54) is 6.07 Å². The molecular formula is C23H20F2N4O3. The fourth-order valence-electron chi connectivity index (χ4n) is 3.60. The zero-order chi connectivity index (χ0) is 22.7. The number of hydrogen-bond acceptors (Lipinski definition) is 6. The van der Waals surface area contributed by atoms with E-state index in [0.717, 1.165) is 16.7 Å². The maximum atomic E-state index is 14.9. The quantitative estimate of drug-likeness (QED) is 0.609. The molecule has 1 aliphatic heterocycles. The van der Waals surface area contributed by atoms with Gasteiger partial charge in [0, 0.05) is 37.0 Å². The molecule has 164 valence electrons. The van der Waals surface area contributed by atoms with Crippen LogP contribution in [0.25, 0.3) is 5.69 Å². The molecule has 0 atom stereocenters. The highest BCUT2D eigenvalue weighted by atomic mass is 19.1. The number of rotatable bonds is 5. The molecule has 7 nitrogen and oxygen atoms in total. The van der Waals surface area contributed by atoms with Gasteiger partial charge in [0.25, 0.3) is 5.56 Å².